The molecule has 0 amide bonds. The minimum atomic E-state index is -3.81. The van der Waals surface area contributed by atoms with Gasteiger partial charge in [0.2, 0.25) is 10.0 Å². The number of para-hydroxylation sites is 1. The molecule has 5 rings (SSSR count). The first kappa shape index (κ1) is 21.9. The van der Waals surface area contributed by atoms with Gasteiger partial charge in [-0.3, -0.25) is 0 Å². The minimum absolute atomic E-state index is 0.0111. The van der Waals surface area contributed by atoms with E-state index in [4.69, 9.17) is 4.74 Å². The van der Waals surface area contributed by atoms with Gasteiger partial charge in [0.25, 0.3) is 0 Å². The molecule has 0 aromatic heterocycles. The number of sulfonamides is 1. The van der Waals surface area contributed by atoms with Crippen molar-refractivity contribution in [1.29, 1.82) is 0 Å². The summed E-state index contributed by atoms with van der Waals surface area (Å²) in [6, 6.07) is 22.6. The summed E-state index contributed by atoms with van der Waals surface area (Å²) >= 11 is 0. The van der Waals surface area contributed by atoms with E-state index in [1.165, 1.54) is 7.11 Å². The minimum Gasteiger partial charge on any atom is -0.495 e. The lowest BCUT2D eigenvalue weighted by Gasteiger charge is -2.44. The molecule has 1 saturated heterocycles. The zero-order valence-corrected chi connectivity index (χ0v) is 19.6. The third-order valence-electron chi connectivity index (χ3n) is 7.07. The highest BCUT2D eigenvalue weighted by atomic mass is 32.2. The fraction of sp³-hybridized carbons (Fsp3) is 0.308. The molecule has 0 saturated carbocycles. The van der Waals surface area contributed by atoms with E-state index in [0.717, 1.165) is 22.4 Å². The van der Waals surface area contributed by atoms with Gasteiger partial charge in [0.1, 0.15) is 10.6 Å². The molecule has 172 valence electrons. The molecule has 3 aromatic rings. The number of methoxy groups -OCH3 is 1. The summed E-state index contributed by atoms with van der Waals surface area (Å²) in [5, 5.41) is 10.2. The largest absolute Gasteiger partial charge is 0.495 e. The molecule has 0 spiro atoms. The van der Waals surface area contributed by atoms with Gasteiger partial charge in [0, 0.05) is 25.2 Å². The first-order valence-corrected chi connectivity index (χ1v) is 12.6. The molecular weight excluding hydrogens is 436 g/mol. The van der Waals surface area contributed by atoms with E-state index in [9.17, 15) is 13.5 Å². The molecule has 3 atom stereocenters. The number of aliphatic hydroxyl groups excluding tert-OH is 1. The van der Waals surface area contributed by atoms with Crippen LogP contribution < -0.4 is 9.64 Å². The van der Waals surface area contributed by atoms with Crippen molar-refractivity contribution in [3.8, 4) is 16.9 Å². The highest BCUT2D eigenvalue weighted by Gasteiger charge is 2.50. The van der Waals surface area contributed by atoms with Gasteiger partial charge in [0.15, 0.2) is 0 Å². The number of hydrogen-bond acceptors (Lipinski definition) is 5. The summed E-state index contributed by atoms with van der Waals surface area (Å²) in [4.78, 5) is 2.28. The average Bonchev–Trinajstić information content (AvgIpc) is 3.30. The van der Waals surface area contributed by atoms with Crippen molar-refractivity contribution < 1.29 is 18.3 Å². The second-order valence-corrected chi connectivity index (χ2v) is 10.5. The lowest BCUT2D eigenvalue weighted by molar-refractivity contribution is 0.193. The van der Waals surface area contributed by atoms with E-state index in [1.807, 2.05) is 31.3 Å². The third kappa shape index (κ3) is 3.51. The van der Waals surface area contributed by atoms with E-state index >= 15 is 0 Å². The Balaban J connectivity index is 1.66. The first-order valence-electron chi connectivity index (χ1n) is 11.1. The maximum absolute atomic E-state index is 13.9. The quantitative estimate of drug-likeness (QED) is 0.620. The number of benzene rings is 3. The molecule has 2 heterocycles. The summed E-state index contributed by atoms with van der Waals surface area (Å²) in [7, 11) is -0.345. The van der Waals surface area contributed by atoms with Crippen LogP contribution in [0.3, 0.4) is 0 Å². The van der Waals surface area contributed by atoms with E-state index < -0.39 is 10.0 Å². The summed E-state index contributed by atoms with van der Waals surface area (Å²) in [5.74, 6) is 0.328. The normalized spacial score (nSPS) is 22.6. The summed E-state index contributed by atoms with van der Waals surface area (Å²) in [5.41, 5.74) is 4.06. The Morgan fingerprint density at radius 2 is 1.73 bits per heavy atom. The monoisotopic (exact) mass is 464 g/mol. The van der Waals surface area contributed by atoms with Crippen LogP contribution >= 0.6 is 0 Å². The van der Waals surface area contributed by atoms with Crippen LogP contribution in [0.25, 0.3) is 11.1 Å². The van der Waals surface area contributed by atoms with Crippen molar-refractivity contribution in [3.05, 3.63) is 78.4 Å². The number of ether oxygens (including phenoxy) is 1. The predicted molar refractivity (Wildman–Crippen MR) is 129 cm³/mol. The number of fused-ring (bicyclic) bond motifs is 3. The lowest BCUT2D eigenvalue weighted by Crippen LogP contribution is -2.48. The van der Waals surface area contributed by atoms with Crippen molar-refractivity contribution in [2.45, 2.75) is 23.4 Å². The maximum atomic E-state index is 13.9. The van der Waals surface area contributed by atoms with E-state index in [-0.39, 0.29) is 29.5 Å². The maximum Gasteiger partial charge on any atom is 0.247 e. The van der Waals surface area contributed by atoms with Crippen LogP contribution in [0, 0.1) is 5.92 Å². The molecule has 1 N–H and O–H groups in total. The van der Waals surface area contributed by atoms with Gasteiger partial charge < -0.3 is 14.7 Å². The number of likely N-dealkylation sites (N-methyl/N-ethyl adjacent to an activating group) is 1. The topological polar surface area (TPSA) is 70.1 Å². The van der Waals surface area contributed by atoms with Gasteiger partial charge in [-0.1, -0.05) is 48.5 Å². The molecule has 3 aromatic carbocycles. The molecule has 6 nitrogen and oxygen atoms in total. The first-order chi connectivity index (χ1) is 16.0. The Bertz CT molecular complexity index is 1260. The van der Waals surface area contributed by atoms with Crippen molar-refractivity contribution in [2.75, 3.05) is 32.2 Å². The summed E-state index contributed by atoms with van der Waals surface area (Å²) in [6.45, 7) is 0.370. The van der Waals surface area contributed by atoms with Gasteiger partial charge in [-0.2, -0.15) is 4.31 Å². The van der Waals surface area contributed by atoms with Gasteiger partial charge in [-0.15, -0.1) is 0 Å². The zero-order chi connectivity index (χ0) is 23.2. The van der Waals surface area contributed by atoms with Gasteiger partial charge in [-0.25, -0.2) is 8.42 Å². The lowest BCUT2D eigenvalue weighted by atomic mass is 9.81. The Kier molecular flexibility index (Phi) is 5.64. The van der Waals surface area contributed by atoms with Crippen molar-refractivity contribution in [2.24, 2.45) is 5.92 Å². The van der Waals surface area contributed by atoms with Gasteiger partial charge in [0.05, 0.1) is 25.8 Å². The molecule has 0 radical (unpaired) electrons. The highest BCUT2D eigenvalue weighted by molar-refractivity contribution is 7.89. The number of hydrogen-bond donors (Lipinski definition) is 1. The Morgan fingerprint density at radius 3 is 2.45 bits per heavy atom. The van der Waals surface area contributed by atoms with Crippen molar-refractivity contribution in [1.82, 2.24) is 4.31 Å². The molecular formula is C26H28N2O4S. The molecule has 2 aliphatic rings. The molecule has 33 heavy (non-hydrogen) atoms. The number of rotatable bonds is 5. The molecule has 2 aliphatic heterocycles. The molecule has 0 aliphatic carbocycles. The standard InChI is InChI=1S/C26H28N2O4S/c1-27-22-13-12-19(18-8-4-3-5-9-18)16-21(22)26-20(23(27)17-29)14-15-28(26)33(30,31)25-11-7-6-10-24(25)32-2/h3-13,16,20,23,26,29H,14-15,17H2,1-2H3/t20-,23-,26-/m1/s1. The fourth-order valence-electron chi connectivity index (χ4n) is 5.45. The van der Waals surface area contributed by atoms with Crippen LogP contribution in [0.4, 0.5) is 5.69 Å². The summed E-state index contributed by atoms with van der Waals surface area (Å²) < 4.78 is 34.7. The second kappa shape index (κ2) is 8.48. The second-order valence-electron chi connectivity index (χ2n) is 8.66. The van der Waals surface area contributed by atoms with Crippen LogP contribution in [0.15, 0.2) is 77.7 Å². The third-order valence-corrected chi connectivity index (χ3v) is 8.99. The van der Waals surface area contributed by atoms with Crippen LogP contribution in [-0.4, -0.2) is 51.2 Å². The molecule has 1 fully saturated rings. The van der Waals surface area contributed by atoms with E-state index in [1.54, 1.807) is 28.6 Å². The number of anilines is 1. The Hall–Kier alpha value is -2.87. The van der Waals surface area contributed by atoms with Gasteiger partial charge >= 0.3 is 0 Å². The summed E-state index contributed by atoms with van der Waals surface area (Å²) in [6.07, 6.45) is 0.684. The Labute approximate surface area is 195 Å². The SMILES string of the molecule is COc1ccccc1S(=O)(=O)N1CC[C@@H]2[C@@H](CO)N(C)c3ccc(-c4ccccc4)cc3[C@@H]21. The number of aliphatic hydroxyl groups is 1. The van der Waals surface area contributed by atoms with Crippen LogP contribution in [0.5, 0.6) is 5.75 Å². The predicted octanol–water partition coefficient (Wildman–Crippen LogP) is 3.92. The Morgan fingerprint density at radius 1 is 1.00 bits per heavy atom. The van der Waals surface area contributed by atoms with E-state index in [0.29, 0.717) is 18.7 Å². The molecule has 0 bridgehead atoms. The van der Waals surface area contributed by atoms with Crippen LogP contribution in [0.1, 0.15) is 18.0 Å². The van der Waals surface area contributed by atoms with Crippen LogP contribution in [0.2, 0.25) is 0 Å². The average molecular weight is 465 g/mol. The fourth-order valence-corrected chi connectivity index (χ4v) is 7.27. The van der Waals surface area contributed by atoms with Crippen LogP contribution in [-0.2, 0) is 10.0 Å². The van der Waals surface area contributed by atoms with Crippen molar-refractivity contribution in [3.63, 3.8) is 0 Å². The highest BCUT2D eigenvalue weighted by Crippen LogP contribution is 2.51. The van der Waals surface area contributed by atoms with E-state index in [2.05, 4.69) is 29.2 Å². The molecule has 7 heteroatoms. The van der Waals surface area contributed by atoms with Crippen molar-refractivity contribution >= 4 is 15.7 Å². The molecule has 0 unspecified atom stereocenters. The zero-order valence-electron chi connectivity index (χ0n) is 18.8. The van der Waals surface area contributed by atoms with Gasteiger partial charge in [-0.05, 0) is 47.4 Å². The number of nitrogens with zero attached hydrogens (tertiary/aromatic N) is 2. The smallest absolute Gasteiger partial charge is 0.247 e.